The fourth-order valence-electron chi connectivity index (χ4n) is 1.79. The zero-order valence-electron chi connectivity index (χ0n) is 9.44. The van der Waals surface area contributed by atoms with Crippen molar-refractivity contribution in [3.8, 4) is 5.75 Å². The summed E-state index contributed by atoms with van der Waals surface area (Å²) in [6, 6.07) is 2.84. The summed E-state index contributed by atoms with van der Waals surface area (Å²) in [5.74, 6) is 0.477. The van der Waals surface area contributed by atoms with E-state index < -0.39 is 9.05 Å². The molecule has 1 aromatic carbocycles. The molecule has 0 aliphatic rings. The van der Waals surface area contributed by atoms with Gasteiger partial charge in [0.15, 0.2) is 6.29 Å². The van der Waals surface area contributed by atoms with Crippen LogP contribution in [-0.2, 0) is 9.05 Å². The summed E-state index contributed by atoms with van der Waals surface area (Å²) in [7, 11) is 1.43. The van der Waals surface area contributed by atoms with Crippen molar-refractivity contribution in [2.75, 3.05) is 6.61 Å². The Morgan fingerprint density at radius 1 is 1.44 bits per heavy atom. The molecule has 0 amide bonds. The summed E-state index contributed by atoms with van der Waals surface area (Å²) in [6.45, 7) is 2.24. The quantitative estimate of drug-likeness (QED) is 0.691. The van der Waals surface area contributed by atoms with Crippen LogP contribution in [0.15, 0.2) is 23.2 Å². The average molecular weight is 288 g/mol. The molecule has 0 aliphatic heterocycles. The molecule has 1 heterocycles. The Kier molecular flexibility index (Phi) is 3.32. The molecule has 0 radical (unpaired) electrons. The van der Waals surface area contributed by atoms with Crippen LogP contribution in [0.25, 0.3) is 10.9 Å². The zero-order valence-corrected chi connectivity index (χ0v) is 11.0. The molecule has 96 valence electrons. The largest absolute Gasteiger partial charge is 0.492 e. The van der Waals surface area contributed by atoms with E-state index in [2.05, 4.69) is 4.98 Å². The summed E-state index contributed by atoms with van der Waals surface area (Å²) < 4.78 is 28.3. The van der Waals surface area contributed by atoms with E-state index in [-0.39, 0.29) is 15.8 Å². The SMILES string of the molecule is CCOc1ccc(S(=O)(=O)Cl)c2c(C=O)c[nH]c12. The maximum atomic E-state index is 11.5. The molecular weight excluding hydrogens is 278 g/mol. The number of hydrogen-bond acceptors (Lipinski definition) is 4. The van der Waals surface area contributed by atoms with E-state index in [1.165, 1.54) is 18.3 Å². The van der Waals surface area contributed by atoms with E-state index in [0.29, 0.717) is 24.2 Å². The Balaban J connectivity index is 2.87. The molecule has 1 N–H and O–H groups in total. The Morgan fingerprint density at radius 3 is 2.72 bits per heavy atom. The molecule has 0 aliphatic carbocycles. The maximum Gasteiger partial charge on any atom is 0.262 e. The number of hydrogen-bond donors (Lipinski definition) is 1. The molecular formula is C11H10ClNO4S. The second-order valence-electron chi connectivity index (χ2n) is 3.54. The van der Waals surface area contributed by atoms with Gasteiger partial charge >= 0.3 is 0 Å². The minimum absolute atomic E-state index is 0.106. The number of rotatable bonds is 4. The van der Waals surface area contributed by atoms with Crippen molar-refractivity contribution < 1.29 is 17.9 Å². The van der Waals surface area contributed by atoms with Gasteiger partial charge in [0.1, 0.15) is 5.75 Å². The van der Waals surface area contributed by atoms with Crippen LogP contribution in [0.2, 0.25) is 0 Å². The normalized spacial score (nSPS) is 11.7. The number of halogens is 1. The molecule has 5 nitrogen and oxygen atoms in total. The molecule has 2 rings (SSSR count). The molecule has 0 atom stereocenters. The number of carbonyl (C=O) groups excluding carboxylic acids is 1. The number of ether oxygens (including phenoxy) is 1. The third-order valence-corrected chi connectivity index (χ3v) is 3.84. The lowest BCUT2D eigenvalue weighted by Crippen LogP contribution is -1.97. The number of aromatic nitrogens is 1. The van der Waals surface area contributed by atoms with Gasteiger partial charge in [0.2, 0.25) is 0 Å². The first-order valence-corrected chi connectivity index (χ1v) is 7.46. The van der Waals surface area contributed by atoms with Crippen LogP contribution < -0.4 is 4.74 Å². The second-order valence-corrected chi connectivity index (χ2v) is 6.08. The van der Waals surface area contributed by atoms with Crippen LogP contribution in [-0.4, -0.2) is 26.3 Å². The number of aromatic amines is 1. The molecule has 18 heavy (non-hydrogen) atoms. The monoisotopic (exact) mass is 287 g/mol. The molecule has 0 bridgehead atoms. The van der Waals surface area contributed by atoms with Gasteiger partial charge in [0.05, 0.1) is 17.0 Å². The molecule has 0 fully saturated rings. The van der Waals surface area contributed by atoms with Crippen LogP contribution in [0.3, 0.4) is 0 Å². The van der Waals surface area contributed by atoms with Crippen molar-refractivity contribution in [1.82, 2.24) is 4.98 Å². The summed E-state index contributed by atoms with van der Waals surface area (Å²) >= 11 is 0. The number of fused-ring (bicyclic) bond motifs is 1. The van der Waals surface area contributed by atoms with Gasteiger partial charge in [-0.2, -0.15) is 0 Å². The van der Waals surface area contributed by atoms with Gasteiger partial charge in [-0.05, 0) is 19.1 Å². The average Bonchev–Trinajstić information content (AvgIpc) is 2.72. The highest BCUT2D eigenvalue weighted by Crippen LogP contribution is 2.33. The van der Waals surface area contributed by atoms with Crippen molar-refractivity contribution in [3.05, 3.63) is 23.9 Å². The van der Waals surface area contributed by atoms with Gasteiger partial charge in [0.25, 0.3) is 9.05 Å². The first-order chi connectivity index (χ1) is 8.49. The number of aldehydes is 1. The number of H-pyrrole nitrogens is 1. The van der Waals surface area contributed by atoms with Crippen LogP contribution >= 0.6 is 10.7 Å². The Bertz CT molecular complexity index is 705. The van der Waals surface area contributed by atoms with Gasteiger partial charge in [-0.25, -0.2) is 8.42 Å². The van der Waals surface area contributed by atoms with Gasteiger partial charge < -0.3 is 9.72 Å². The molecule has 0 saturated heterocycles. The van der Waals surface area contributed by atoms with E-state index in [9.17, 15) is 13.2 Å². The Labute approximate surface area is 108 Å². The standard InChI is InChI=1S/C11H10ClNO4S/c1-2-17-8-3-4-9(18(12,15)16)10-7(6-14)5-13-11(8)10/h3-6,13H,2H2,1H3. The van der Waals surface area contributed by atoms with Crippen molar-refractivity contribution in [3.63, 3.8) is 0 Å². The fourth-order valence-corrected chi connectivity index (χ4v) is 2.87. The van der Waals surface area contributed by atoms with E-state index in [0.717, 1.165) is 0 Å². The molecule has 0 saturated carbocycles. The van der Waals surface area contributed by atoms with E-state index in [1.807, 2.05) is 6.92 Å². The van der Waals surface area contributed by atoms with Crippen molar-refractivity contribution >= 4 is 36.9 Å². The van der Waals surface area contributed by atoms with Crippen molar-refractivity contribution in [2.45, 2.75) is 11.8 Å². The van der Waals surface area contributed by atoms with Crippen molar-refractivity contribution in [2.24, 2.45) is 0 Å². The van der Waals surface area contributed by atoms with Gasteiger partial charge in [-0.1, -0.05) is 0 Å². The topological polar surface area (TPSA) is 76.2 Å². The highest BCUT2D eigenvalue weighted by molar-refractivity contribution is 8.14. The summed E-state index contributed by atoms with van der Waals surface area (Å²) in [6.07, 6.45) is 1.99. The molecule has 1 aromatic heterocycles. The third-order valence-electron chi connectivity index (χ3n) is 2.48. The smallest absolute Gasteiger partial charge is 0.262 e. The fraction of sp³-hybridized carbons (Fsp3) is 0.182. The summed E-state index contributed by atoms with van der Waals surface area (Å²) in [5, 5.41) is 0.256. The predicted molar refractivity (Wildman–Crippen MR) is 67.9 cm³/mol. The van der Waals surface area contributed by atoms with Crippen LogP contribution in [0.4, 0.5) is 0 Å². The second kappa shape index (κ2) is 4.62. The van der Waals surface area contributed by atoms with E-state index >= 15 is 0 Å². The van der Waals surface area contributed by atoms with Crippen LogP contribution in [0, 0.1) is 0 Å². The third kappa shape index (κ3) is 2.09. The van der Waals surface area contributed by atoms with Gasteiger partial charge in [-0.15, -0.1) is 0 Å². The van der Waals surface area contributed by atoms with Crippen LogP contribution in [0.1, 0.15) is 17.3 Å². The molecule has 0 spiro atoms. The lowest BCUT2D eigenvalue weighted by molar-refractivity contribution is 0.112. The van der Waals surface area contributed by atoms with Gasteiger partial charge in [0, 0.05) is 27.8 Å². The number of nitrogens with one attached hydrogen (secondary N) is 1. The lowest BCUT2D eigenvalue weighted by atomic mass is 10.2. The lowest BCUT2D eigenvalue weighted by Gasteiger charge is -2.07. The summed E-state index contributed by atoms with van der Waals surface area (Å²) in [5.41, 5.74) is 0.673. The molecule has 2 aromatic rings. The van der Waals surface area contributed by atoms with Crippen LogP contribution in [0.5, 0.6) is 5.75 Å². The highest BCUT2D eigenvalue weighted by atomic mass is 35.7. The summed E-state index contributed by atoms with van der Waals surface area (Å²) in [4.78, 5) is 13.7. The maximum absolute atomic E-state index is 11.5. The Morgan fingerprint density at radius 2 is 2.17 bits per heavy atom. The molecule has 7 heteroatoms. The van der Waals surface area contributed by atoms with E-state index in [1.54, 1.807) is 0 Å². The minimum Gasteiger partial charge on any atom is -0.492 e. The zero-order chi connectivity index (χ0) is 13.3. The first-order valence-electron chi connectivity index (χ1n) is 5.15. The number of carbonyl (C=O) groups is 1. The van der Waals surface area contributed by atoms with Crippen molar-refractivity contribution in [1.29, 1.82) is 0 Å². The predicted octanol–water partition coefficient (Wildman–Crippen LogP) is 2.31. The number of benzene rings is 1. The van der Waals surface area contributed by atoms with Gasteiger partial charge in [-0.3, -0.25) is 4.79 Å². The molecule has 0 unspecified atom stereocenters. The minimum atomic E-state index is -3.93. The highest BCUT2D eigenvalue weighted by Gasteiger charge is 2.20. The Hall–Kier alpha value is -1.53. The van der Waals surface area contributed by atoms with E-state index in [4.69, 9.17) is 15.4 Å². The first kappa shape index (κ1) is 12.9.